The molecule has 2 heterocycles. The summed E-state index contributed by atoms with van der Waals surface area (Å²) in [5, 5.41) is 7.19. The Balaban J connectivity index is 1.52. The first-order chi connectivity index (χ1) is 15.6. The highest BCUT2D eigenvalue weighted by atomic mass is 16.5. The normalized spacial score (nSPS) is 14.0. The fourth-order valence-electron chi connectivity index (χ4n) is 3.67. The highest BCUT2D eigenvalue weighted by Gasteiger charge is 2.28. The van der Waals surface area contributed by atoms with Crippen molar-refractivity contribution in [3.63, 3.8) is 0 Å². The lowest BCUT2D eigenvalue weighted by Gasteiger charge is -2.13. The van der Waals surface area contributed by atoms with E-state index in [2.05, 4.69) is 20.8 Å². The quantitative estimate of drug-likeness (QED) is 0.571. The molecule has 0 spiro atoms. The molecule has 1 aliphatic rings. The highest BCUT2D eigenvalue weighted by Crippen LogP contribution is 2.30. The van der Waals surface area contributed by atoms with Crippen LogP contribution in [-0.4, -0.2) is 29.1 Å². The minimum absolute atomic E-state index is 0.247. The molecule has 0 atom stereocenters. The number of anilines is 1. The first-order valence-corrected chi connectivity index (χ1v) is 10.5. The maximum Gasteiger partial charge on any atom is 0.291 e. The van der Waals surface area contributed by atoms with Gasteiger partial charge in [0, 0.05) is 35.6 Å². The summed E-state index contributed by atoms with van der Waals surface area (Å²) in [6, 6.07) is 10.5. The van der Waals surface area contributed by atoms with E-state index >= 15 is 0 Å². The van der Waals surface area contributed by atoms with Crippen molar-refractivity contribution in [3.8, 4) is 5.75 Å². The van der Waals surface area contributed by atoms with Crippen LogP contribution in [0.4, 0.5) is 5.69 Å². The SMILES string of the molecule is CCOc1ccc(NC(=O)c2oc3c(c2C)/C(=N/NC(=O)c2cccnc2)CCC3)cc1. The fourth-order valence-corrected chi connectivity index (χ4v) is 3.67. The van der Waals surface area contributed by atoms with Crippen LogP contribution in [0.15, 0.2) is 58.3 Å². The average molecular weight is 432 g/mol. The first kappa shape index (κ1) is 21.3. The Kier molecular flexibility index (Phi) is 6.30. The number of carbonyl (C=O) groups is 2. The molecule has 164 valence electrons. The van der Waals surface area contributed by atoms with E-state index < -0.39 is 0 Å². The summed E-state index contributed by atoms with van der Waals surface area (Å²) in [5.74, 6) is 1.02. The molecule has 2 aromatic heterocycles. The van der Waals surface area contributed by atoms with E-state index in [9.17, 15) is 9.59 Å². The molecule has 0 fully saturated rings. The number of nitrogens with zero attached hydrogens (tertiary/aromatic N) is 2. The predicted molar refractivity (Wildman–Crippen MR) is 120 cm³/mol. The van der Waals surface area contributed by atoms with Crippen LogP contribution >= 0.6 is 0 Å². The summed E-state index contributed by atoms with van der Waals surface area (Å²) in [7, 11) is 0. The zero-order chi connectivity index (χ0) is 22.5. The standard InChI is InChI=1S/C24H24N4O4/c1-3-31-18-11-9-17(10-12-18)26-24(30)22-15(2)21-19(7-4-8-20(21)32-22)27-28-23(29)16-6-5-13-25-14-16/h5-6,9-14H,3-4,7-8H2,1-2H3,(H,26,30)(H,28,29)/b27-19+. The number of nitrogens with one attached hydrogen (secondary N) is 2. The second-order valence-corrected chi connectivity index (χ2v) is 7.36. The molecule has 0 bridgehead atoms. The van der Waals surface area contributed by atoms with Gasteiger partial charge in [0.25, 0.3) is 11.8 Å². The molecular weight excluding hydrogens is 408 g/mol. The van der Waals surface area contributed by atoms with Crippen LogP contribution in [0.25, 0.3) is 0 Å². The number of fused-ring (bicyclic) bond motifs is 1. The van der Waals surface area contributed by atoms with Crippen LogP contribution in [0.2, 0.25) is 0 Å². The van der Waals surface area contributed by atoms with Gasteiger partial charge < -0.3 is 14.5 Å². The Morgan fingerprint density at radius 3 is 2.69 bits per heavy atom. The van der Waals surface area contributed by atoms with Crippen molar-refractivity contribution in [1.82, 2.24) is 10.4 Å². The molecule has 2 N–H and O–H groups in total. The van der Waals surface area contributed by atoms with Crippen LogP contribution in [0.3, 0.4) is 0 Å². The fraction of sp³-hybridized carbons (Fsp3) is 0.250. The topological polar surface area (TPSA) is 106 Å². The lowest BCUT2D eigenvalue weighted by Crippen LogP contribution is -2.22. The second-order valence-electron chi connectivity index (χ2n) is 7.36. The number of furan rings is 1. The maximum absolute atomic E-state index is 12.9. The molecule has 0 unspecified atom stereocenters. The number of benzene rings is 1. The molecule has 2 amide bonds. The lowest BCUT2D eigenvalue weighted by molar-refractivity contribution is 0.0953. The number of aryl methyl sites for hydroxylation is 1. The summed E-state index contributed by atoms with van der Waals surface area (Å²) < 4.78 is 11.3. The molecule has 8 heteroatoms. The summed E-state index contributed by atoms with van der Waals surface area (Å²) in [4.78, 5) is 29.1. The van der Waals surface area contributed by atoms with Gasteiger partial charge in [-0.3, -0.25) is 14.6 Å². The second kappa shape index (κ2) is 9.47. The number of hydrazone groups is 1. The van der Waals surface area contributed by atoms with E-state index in [4.69, 9.17) is 9.15 Å². The van der Waals surface area contributed by atoms with Gasteiger partial charge in [0.1, 0.15) is 11.5 Å². The summed E-state index contributed by atoms with van der Waals surface area (Å²) in [6.07, 6.45) is 5.29. The van der Waals surface area contributed by atoms with E-state index in [-0.39, 0.29) is 17.6 Å². The number of amides is 2. The van der Waals surface area contributed by atoms with Gasteiger partial charge in [-0.15, -0.1) is 0 Å². The van der Waals surface area contributed by atoms with E-state index in [1.54, 1.807) is 42.6 Å². The Morgan fingerprint density at radius 1 is 1.16 bits per heavy atom. The molecule has 8 nitrogen and oxygen atoms in total. The van der Waals surface area contributed by atoms with Crippen LogP contribution in [0.5, 0.6) is 5.75 Å². The van der Waals surface area contributed by atoms with Gasteiger partial charge in [0.2, 0.25) is 0 Å². The minimum atomic E-state index is -0.340. The van der Waals surface area contributed by atoms with Gasteiger partial charge in [-0.25, -0.2) is 5.43 Å². The van der Waals surface area contributed by atoms with E-state index in [0.717, 1.165) is 17.7 Å². The number of hydrogen-bond donors (Lipinski definition) is 2. The third-order valence-corrected chi connectivity index (χ3v) is 5.17. The van der Waals surface area contributed by atoms with Crippen molar-refractivity contribution < 1.29 is 18.7 Å². The number of pyridine rings is 1. The van der Waals surface area contributed by atoms with Crippen LogP contribution in [0.1, 0.15) is 57.6 Å². The molecular formula is C24H24N4O4. The van der Waals surface area contributed by atoms with Gasteiger partial charge in [0.05, 0.1) is 17.9 Å². The van der Waals surface area contributed by atoms with Gasteiger partial charge in [-0.2, -0.15) is 5.10 Å². The van der Waals surface area contributed by atoms with Gasteiger partial charge in [-0.05, 0) is 63.1 Å². The molecule has 0 saturated carbocycles. The summed E-state index contributed by atoms with van der Waals surface area (Å²) >= 11 is 0. The third kappa shape index (κ3) is 4.54. The van der Waals surface area contributed by atoms with Crippen LogP contribution in [0, 0.1) is 6.92 Å². The molecule has 4 rings (SSSR count). The molecule has 1 aliphatic carbocycles. The molecule has 0 radical (unpaired) electrons. The molecule has 3 aromatic rings. The Bertz CT molecular complexity index is 1150. The van der Waals surface area contributed by atoms with Crippen LogP contribution in [-0.2, 0) is 6.42 Å². The van der Waals surface area contributed by atoms with Gasteiger partial charge in [-0.1, -0.05) is 0 Å². The average Bonchev–Trinajstić information content (AvgIpc) is 3.17. The number of aromatic nitrogens is 1. The number of hydrogen-bond acceptors (Lipinski definition) is 6. The summed E-state index contributed by atoms with van der Waals surface area (Å²) in [6.45, 7) is 4.33. The summed E-state index contributed by atoms with van der Waals surface area (Å²) in [5.41, 5.74) is 5.85. The van der Waals surface area contributed by atoms with Gasteiger partial charge in [0.15, 0.2) is 5.76 Å². The van der Waals surface area contributed by atoms with Crippen molar-refractivity contribution in [2.24, 2.45) is 5.10 Å². The van der Waals surface area contributed by atoms with Crippen molar-refractivity contribution in [3.05, 3.63) is 77.0 Å². The first-order valence-electron chi connectivity index (χ1n) is 10.5. The zero-order valence-electron chi connectivity index (χ0n) is 18.0. The smallest absolute Gasteiger partial charge is 0.291 e. The third-order valence-electron chi connectivity index (χ3n) is 5.17. The Labute approximate surface area is 185 Å². The monoisotopic (exact) mass is 432 g/mol. The van der Waals surface area contributed by atoms with Crippen molar-refractivity contribution >= 4 is 23.2 Å². The zero-order valence-corrected chi connectivity index (χ0v) is 18.0. The predicted octanol–water partition coefficient (Wildman–Crippen LogP) is 4.10. The number of carbonyl (C=O) groups excluding carboxylic acids is 2. The van der Waals surface area contributed by atoms with Crippen molar-refractivity contribution in [1.29, 1.82) is 0 Å². The minimum Gasteiger partial charge on any atom is -0.494 e. The molecule has 0 saturated heterocycles. The van der Waals surface area contributed by atoms with E-state index in [1.807, 2.05) is 13.8 Å². The van der Waals surface area contributed by atoms with Gasteiger partial charge >= 0.3 is 0 Å². The Morgan fingerprint density at radius 2 is 1.97 bits per heavy atom. The lowest BCUT2D eigenvalue weighted by atomic mass is 9.93. The van der Waals surface area contributed by atoms with E-state index in [0.29, 0.717) is 47.7 Å². The van der Waals surface area contributed by atoms with Crippen molar-refractivity contribution in [2.75, 3.05) is 11.9 Å². The Hall–Kier alpha value is -3.94. The highest BCUT2D eigenvalue weighted by molar-refractivity contribution is 6.09. The van der Waals surface area contributed by atoms with Crippen LogP contribution < -0.4 is 15.5 Å². The number of ether oxygens (including phenoxy) is 1. The van der Waals surface area contributed by atoms with E-state index in [1.165, 1.54) is 6.20 Å². The molecule has 0 aliphatic heterocycles. The molecule has 32 heavy (non-hydrogen) atoms. The number of rotatable bonds is 6. The molecule has 1 aromatic carbocycles. The largest absolute Gasteiger partial charge is 0.494 e. The maximum atomic E-state index is 12.9. The van der Waals surface area contributed by atoms with Crippen molar-refractivity contribution in [2.45, 2.75) is 33.1 Å².